The van der Waals surface area contributed by atoms with E-state index in [1.165, 1.54) is 0 Å². The van der Waals surface area contributed by atoms with Crippen LogP contribution in [0.4, 0.5) is 0 Å². The van der Waals surface area contributed by atoms with E-state index >= 15 is 0 Å². The summed E-state index contributed by atoms with van der Waals surface area (Å²) in [4.78, 5) is 15.6. The summed E-state index contributed by atoms with van der Waals surface area (Å²) < 4.78 is 5.35. The largest absolute Gasteiger partial charge is 0.481 e. The summed E-state index contributed by atoms with van der Waals surface area (Å²) in [6.45, 7) is 5.97. The Bertz CT molecular complexity index is 259. The molecule has 18 heavy (non-hydrogen) atoms. The van der Waals surface area contributed by atoms with Crippen LogP contribution in [0.5, 0.6) is 0 Å². The predicted molar refractivity (Wildman–Crippen MR) is 70.8 cm³/mol. The Morgan fingerprint density at radius 1 is 1.28 bits per heavy atom. The third-order valence-corrected chi connectivity index (χ3v) is 3.40. The average molecular weight is 258 g/mol. The first-order valence-electron chi connectivity index (χ1n) is 6.75. The van der Waals surface area contributed by atoms with Crippen molar-refractivity contribution in [2.75, 3.05) is 46.9 Å². The van der Waals surface area contributed by atoms with Gasteiger partial charge in [0.1, 0.15) is 0 Å². The molecule has 0 amide bonds. The van der Waals surface area contributed by atoms with Crippen LogP contribution in [0, 0.1) is 5.92 Å². The molecule has 0 spiro atoms. The van der Waals surface area contributed by atoms with Crippen LogP contribution < -0.4 is 0 Å². The lowest BCUT2D eigenvalue weighted by molar-refractivity contribution is -0.143. The first-order valence-corrected chi connectivity index (χ1v) is 6.75. The predicted octanol–water partition coefficient (Wildman–Crippen LogP) is 0.750. The summed E-state index contributed by atoms with van der Waals surface area (Å²) >= 11 is 0. The maximum Gasteiger partial charge on any atom is 0.310 e. The maximum absolute atomic E-state index is 11.2. The number of carboxylic acids is 1. The summed E-state index contributed by atoms with van der Waals surface area (Å²) in [7, 11) is 4.12. The zero-order chi connectivity index (χ0) is 13.5. The van der Waals surface area contributed by atoms with E-state index in [1.54, 1.807) is 0 Å². The number of aliphatic carboxylic acids is 1. The van der Waals surface area contributed by atoms with Gasteiger partial charge in [0, 0.05) is 6.04 Å². The van der Waals surface area contributed by atoms with Gasteiger partial charge in [0.25, 0.3) is 0 Å². The van der Waals surface area contributed by atoms with Crippen molar-refractivity contribution in [3.8, 4) is 0 Å². The molecule has 2 unspecified atom stereocenters. The molecule has 1 fully saturated rings. The minimum Gasteiger partial charge on any atom is -0.481 e. The number of hydrogen-bond acceptors (Lipinski definition) is 4. The highest BCUT2D eigenvalue weighted by molar-refractivity contribution is 5.71. The van der Waals surface area contributed by atoms with Crippen LogP contribution in [0.1, 0.15) is 19.8 Å². The Morgan fingerprint density at radius 3 is 2.56 bits per heavy atom. The second kappa shape index (κ2) is 7.71. The topological polar surface area (TPSA) is 53.0 Å². The first kappa shape index (κ1) is 15.4. The Labute approximate surface area is 110 Å². The molecule has 0 bridgehead atoms. The Kier molecular flexibility index (Phi) is 6.60. The summed E-state index contributed by atoms with van der Waals surface area (Å²) in [5.41, 5.74) is 0. The fraction of sp³-hybridized carbons (Fsp3) is 0.923. The summed E-state index contributed by atoms with van der Waals surface area (Å²) in [5.74, 6) is -1.10. The van der Waals surface area contributed by atoms with Crippen LogP contribution >= 0.6 is 0 Å². The van der Waals surface area contributed by atoms with Crippen molar-refractivity contribution in [2.24, 2.45) is 5.92 Å². The lowest BCUT2D eigenvalue weighted by atomic mass is 10.0. The van der Waals surface area contributed by atoms with Crippen LogP contribution in [-0.2, 0) is 9.53 Å². The van der Waals surface area contributed by atoms with Gasteiger partial charge in [-0.15, -0.1) is 0 Å². The van der Waals surface area contributed by atoms with Crippen LogP contribution in [-0.4, -0.2) is 73.9 Å². The molecule has 1 heterocycles. The second-order valence-electron chi connectivity index (χ2n) is 5.24. The molecule has 0 aromatic rings. The zero-order valence-electron chi connectivity index (χ0n) is 11.8. The summed E-state index contributed by atoms with van der Waals surface area (Å²) in [6.07, 6.45) is 2.11. The number of nitrogens with zero attached hydrogens (tertiary/aromatic N) is 2. The van der Waals surface area contributed by atoms with E-state index in [1.807, 2.05) is 0 Å². The number of hydrogen-bond donors (Lipinski definition) is 1. The van der Waals surface area contributed by atoms with Gasteiger partial charge in [0.15, 0.2) is 0 Å². The van der Waals surface area contributed by atoms with Crippen molar-refractivity contribution in [1.29, 1.82) is 0 Å². The molecule has 1 aliphatic heterocycles. The fourth-order valence-electron chi connectivity index (χ4n) is 2.46. The van der Waals surface area contributed by atoms with Crippen LogP contribution in [0.25, 0.3) is 0 Å². The summed E-state index contributed by atoms with van der Waals surface area (Å²) in [6, 6.07) is 0.0459. The van der Waals surface area contributed by atoms with Crippen molar-refractivity contribution in [1.82, 2.24) is 9.80 Å². The molecule has 5 heteroatoms. The van der Waals surface area contributed by atoms with Crippen LogP contribution in [0.3, 0.4) is 0 Å². The highest BCUT2D eigenvalue weighted by atomic mass is 16.5. The van der Waals surface area contributed by atoms with Gasteiger partial charge >= 0.3 is 5.97 Å². The van der Waals surface area contributed by atoms with Gasteiger partial charge in [-0.1, -0.05) is 6.92 Å². The first-order chi connectivity index (χ1) is 8.56. The van der Waals surface area contributed by atoms with Gasteiger partial charge in [-0.2, -0.15) is 0 Å². The van der Waals surface area contributed by atoms with E-state index in [4.69, 9.17) is 4.74 Å². The van der Waals surface area contributed by atoms with E-state index < -0.39 is 5.97 Å². The van der Waals surface area contributed by atoms with E-state index in [2.05, 4.69) is 30.8 Å². The number of ether oxygens (including phenoxy) is 1. The molecule has 5 nitrogen and oxygen atoms in total. The molecule has 1 saturated heterocycles. The average Bonchev–Trinajstić information content (AvgIpc) is 2.76. The standard InChI is InChI=1S/C13H26N2O3/c1-4-6-15(8-5-7-14(2)3)12-10-18-9-11(12)13(16)17/h11-12H,4-10H2,1-3H3,(H,16,17). The smallest absolute Gasteiger partial charge is 0.310 e. The van der Waals surface area contributed by atoms with E-state index in [9.17, 15) is 9.90 Å². The molecule has 106 valence electrons. The number of carbonyl (C=O) groups is 1. The number of carboxylic acid groups (broad SMARTS) is 1. The van der Waals surface area contributed by atoms with Crippen LogP contribution in [0.2, 0.25) is 0 Å². The van der Waals surface area contributed by atoms with Crippen molar-refractivity contribution >= 4 is 5.97 Å². The van der Waals surface area contributed by atoms with Crippen molar-refractivity contribution < 1.29 is 14.6 Å². The number of rotatable bonds is 8. The molecular formula is C13H26N2O3. The van der Waals surface area contributed by atoms with Gasteiger partial charge in [-0.25, -0.2) is 0 Å². The maximum atomic E-state index is 11.2. The molecule has 0 aliphatic carbocycles. The zero-order valence-corrected chi connectivity index (χ0v) is 11.8. The third kappa shape index (κ3) is 4.55. The monoisotopic (exact) mass is 258 g/mol. The highest BCUT2D eigenvalue weighted by Crippen LogP contribution is 2.20. The van der Waals surface area contributed by atoms with Crippen molar-refractivity contribution in [3.05, 3.63) is 0 Å². The molecule has 0 aromatic heterocycles. The lowest BCUT2D eigenvalue weighted by Crippen LogP contribution is -2.44. The molecule has 1 rings (SSSR count). The minimum absolute atomic E-state index is 0.0459. The van der Waals surface area contributed by atoms with Gasteiger partial charge in [-0.3, -0.25) is 9.69 Å². The fourth-order valence-corrected chi connectivity index (χ4v) is 2.46. The molecule has 0 saturated carbocycles. The Morgan fingerprint density at radius 2 is 2.00 bits per heavy atom. The second-order valence-corrected chi connectivity index (χ2v) is 5.24. The van der Waals surface area contributed by atoms with Gasteiger partial charge in [0.2, 0.25) is 0 Å². The third-order valence-electron chi connectivity index (χ3n) is 3.40. The van der Waals surface area contributed by atoms with E-state index in [0.29, 0.717) is 13.2 Å². The normalized spacial score (nSPS) is 24.1. The van der Waals surface area contributed by atoms with E-state index in [-0.39, 0.29) is 12.0 Å². The Hall–Kier alpha value is -0.650. The molecule has 1 N–H and O–H groups in total. The molecule has 1 aliphatic rings. The SMILES string of the molecule is CCCN(CCCN(C)C)C1COCC1C(=O)O. The molecule has 0 aromatic carbocycles. The van der Waals surface area contributed by atoms with Crippen molar-refractivity contribution in [3.63, 3.8) is 0 Å². The Balaban J connectivity index is 2.51. The quantitative estimate of drug-likeness (QED) is 0.696. The lowest BCUT2D eigenvalue weighted by Gasteiger charge is -2.30. The van der Waals surface area contributed by atoms with Crippen molar-refractivity contribution in [2.45, 2.75) is 25.8 Å². The van der Waals surface area contributed by atoms with Gasteiger partial charge < -0.3 is 14.7 Å². The minimum atomic E-state index is -0.730. The molecule has 0 radical (unpaired) electrons. The van der Waals surface area contributed by atoms with Gasteiger partial charge in [0.05, 0.1) is 19.1 Å². The van der Waals surface area contributed by atoms with Crippen LogP contribution in [0.15, 0.2) is 0 Å². The highest BCUT2D eigenvalue weighted by Gasteiger charge is 2.37. The molecular weight excluding hydrogens is 232 g/mol. The van der Waals surface area contributed by atoms with Gasteiger partial charge in [-0.05, 0) is 46.6 Å². The van der Waals surface area contributed by atoms with E-state index in [0.717, 1.165) is 32.5 Å². The summed E-state index contributed by atoms with van der Waals surface area (Å²) in [5, 5.41) is 9.20. The molecule has 2 atom stereocenters.